The summed E-state index contributed by atoms with van der Waals surface area (Å²) < 4.78 is 24.3. The molecule has 2 aromatic rings. The monoisotopic (exact) mass is 391 g/mol. The van der Waals surface area contributed by atoms with E-state index in [1.54, 1.807) is 19.1 Å². The molecule has 1 amide bonds. The molecule has 1 atom stereocenters. The molecule has 1 aromatic carbocycles. The van der Waals surface area contributed by atoms with Gasteiger partial charge in [0, 0.05) is 4.88 Å². The molecule has 0 saturated carbocycles. The fraction of sp³-hybridized carbons (Fsp3) is 0.400. The third-order valence-electron chi connectivity index (χ3n) is 4.57. The zero-order valence-electron chi connectivity index (χ0n) is 15.3. The van der Waals surface area contributed by atoms with E-state index in [1.165, 1.54) is 30.6 Å². The predicted octanol–water partition coefficient (Wildman–Crippen LogP) is 4.35. The summed E-state index contributed by atoms with van der Waals surface area (Å²) in [7, 11) is 1.33. The highest BCUT2D eigenvalue weighted by atomic mass is 32.1. The summed E-state index contributed by atoms with van der Waals surface area (Å²) in [5.74, 6) is -1.36. The van der Waals surface area contributed by atoms with Crippen molar-refractivity contribution >= 4 is 28.2 Å². The van der Waals surface area contributed by atoms with E-state index in [0.717, 1.165) is 36.1 Å². The summed E-state index contributed by atoms with van der Waals surface area (Å²) in [6, 6.07) is 5.96. The number of hydrogen-bond donors (Lipinski definition) is 1. The number of anilines is 1. The molecule has 0 aliphatic heterocycles. The topological polar surface area (TPSA) is 64.6 Å². The number of halogens is 1. The number of hydrogen-bond acceptors (Lipinski definition) is 5. The standard InChI is InChI=1S/C20H22FNO4S/c1-3-14(26-15-10-6-5-9-13(15)21)18(23)22-19-17(20(24)25-2)12-8-4-7-11-16(12)27-19/h5-6,9-10,14H,3-4,7-8,11H2,1-2H3,(H,22,23)/t14-/m0/s1. The van der Waals surface area contributed by atoms with Crippen LogP contribution in [0.3, 0.4) is 0 Å². The highest BCUT2D eigenvalue weighted by Crippen LogP contribution is 2.38. The number of carbonyl (C=O) groups is 2. The first kappa shape index (κ1) is 19.4. The van der Waals surface area contributed by atoms with Gasteiger partial charge in [-0.05, 0) is 49.8 Å². The number of benzene rings is 1. The number of ether oxygens (including phenoxy) is 2. The van der Waals surface area contributed by atoms with Crippen molar-refractivity contribution in [3.8, 4) is 5.75 Å². The number of esters is 1. The zero-order chi connectivity index (χ0) is 19.4. The summed E-state index contributed by atoms with van der Waals surface area (Å²) in [4.78, 5) is 26.1. The van der Waals surface area contributed by atoms with Gasteiger partial charge in [0.1, 0.15) is 5.00 Å². The van der Waals surface area contributed by atoms with Crippen LogP contribution in [-0.2, 0) is 22.4 Å². The molecule has 3 rings (SSSR count). The Labute approximate surface area is 161 Å². The van der Waals surface area contributed by atoms with Gasteiger partial charge in [-0.25, -0.2) is 9.18 Å². The highest BCUT2D eigenvalue weighted by molar-refractivity contribution is 7.17. The van der Waals surface area contributed by atoms with E-state index in [9.17, 15) is 14.0 Å². The number of nitrogens with one attached hydrogen (secondary N) is 1. The number of para-hydroxylation sites is 1. The Kier molecular flexibility index (Phi) is 6.11. The van der Waals surface area contributed by atoms with E-state index >= 15 is 0 Å². The Balaban J connectivity index is 1.83. The Bertz CT molecular complexity index is 849. The number of aryl methyl sites for hydroxylation is 1. The average Bonchev–Trinajstić information content (AvgIpc) is 3.04. The van der Waals surface area contributed by atoms with E-state index in [4.69, 9.17) is 9.47 Å². The van der Waals surface area contributed by atoms with Crippen molar-refractivity contribution in [2.24, 2.45) is 0 Å². The van der Waals surface area contributed by atoms with E-state index < -0.39 is 23.8 Å². The minimum Gasteiger partial charge on any atom is -0.478 e. The molecule has 0 unspecified atom stereocenters. The van der Waals surface area contributed by atoms with E-state index in [-0.39, 0.29) is 5.75 Å². The van der Waals surface area contributed by atoms with Crippen molar-refractivity contribution in [2.75, 3.05) is 12.4 Å². The van der Waals surface area contributed by atoms with Crippen LogP contribution in [0.1, 0.15) is 47.0 Å². The number of thiophene rings is 1. The van der Waals surface area contributed by atoms with Gasteiger partial charge >= 0.3 is 5.97 Å². The van der Waals surface area contributed by atoms with Crippen LogP contribution in [0, 0.1) is 5.82 Å². The smallest absolute Gasteiger partial charge is 0.341 e. The normalized spacial score (nSPS) is 14.2. The second kappa shape index (κ2) is 8.52. The summed E-state index contributed by atoms with van der Waals surface area (Å²) in [5.41, 5.74) is 1.41. The molecule has 27 heavy (non-hydrogen) atoms. The maximum absolute atomic E-state index is 13.8. The van der Waals surface area contributed by atoms with Crippen molar-refractivity contribution in [1.82, 2.24) is 0 Å². The molecular weight excluding hydrogens is 369 g/mol. The third-order valence-corrected chi connectivity index (χ3v) is 5.77. The first-order valence-corrected chi connectivity index (χ1v) is 9.81. The lowest BCUT2D eigenvalue weighted by Crippen LogP contribution is -2.32. The molecule has 144 valence electrons. The summed E-state index contributed by atoms with van der Waals surface area (Å²) in [5, 5.41) is 3.29. The molecule has 0 fully saturated rings. The van der Waals surface area contributed by atoms with Gasteiger partial charge in [-0.15, -0.1) is 11.3 Å². The summed E-state index contributed by atoms with van der Waals surface area (Å²) in [6.45, 7) is 1.78. The maximum Gasteiger partial charge on any atom is 0.341 e. The van der Waals surface area contributed by atoms with Gasteiger partial charge in [-0.2, -0.15) is 0 Å². The lowest BCUT2D eigenvalue weighted by Gasteiger charge is -2.17. The van der Waals surface area contributed by atoms with Crippen molar-refractivity contribution < 1.29 is 23.5 Å². The second-order valence-electron chi connectivity index (χ2n) is 6.34. The number of rotatable bonds is 6. The van der Waals surface area contributed by atoms with E-state index in [0.29, 0.717) is 17.0 Å². The number of fused-ring (bicyclic) bond motifs is 1. The molecular formula is C20H22FNO4S. The predicted molar refractivity (Wildman–Crippen MR) is 102 cm³/mol. The van der Waals surface area contributed by atoms with Crippen LogP contribution >= 0.6 is 11.3 Å². The molecule has 0 radical (unpaired) electrons. The van der Waals surface area contributed by atoms with Crippen molar-refractivity contribution in [1.29, 1.82) is 0 Å². The molecule has 1 heterocycles. The van der Waals surface area contributed by atoms with Gasteiger partial charge < -0.3 is 14.8 Å². The first-order valence-electron chi connectivity index (χ1n) is 9.00. The molecule has 0 saturated heterocycles. The molecule has 1 aliphatic rings. The van der Waals surface area contributed by atoms with Gasteiger partial charge in [0.05, 0.1) is 12.7 Å². The lowest BCUT2D eigenvalue weighted by atomic mass is 9.95. The Hall–Kier alpha value is -2.41. The highest BCUT2D eigenvalue weighted by Gasteiger charge is 2.29. The van der Waals surface area contributed by atoms with Crippen molar-refractivity contribution in [3.05, 3.63) is 46.1 Å². The Morgan fingerprint density at radius 3 is 2.70 bits per heavy atom. The van der Waals surface area contributed by atoms with Crippen LogP contribution in [-0.4, -0.2) is 25.1 Å². The Morgan fingerprint density at radius 1 is 1.26 bits per heavy atom. The number of amides is 1. The second-order valence-corrected chi connectivity index (χ2v) is 7.45. The number of methoxy groups -OCH3 is 1. The molecule has 0 bridgehead atoms. The van der Waals surface area contributed by atoms with Crippen LogP contribution in [0.5, 0.6) is 5.75 Å². The Morgan fingerprint density at radius 2 is 2.00 bits per heavy atom. The lowest BCUT2D eigenvalue weighted by molar-refractivity contribution is -0.122. The minimum atomic E-state index is -0.869. The molecule has 7 heteroatoms. The molecule has 5 nitrogen and oxygen atoms in total. The van der Waals surface area contributed by atoms with E-state index in [2.05, 4.69) is 5.32 Å². The zero-order valence-corrected chi connectivity index (χ0v) is 16.2. The van der Waals surface area contributed by atoms with Crippen molar-refractivity contribution in [3.63, 3.8) is 0 Å². The van der Waals surface area contributed by atoms with Crippen LogP contribution in [0.15, 0.2) is 24.3 Å². The van der Waals surface area contributed by atoms with E-state index in [1.807, 2.05) is 0 Å². The fourth-order valence-electron chi connectivity index (χ4n) is 3.18. The van der Waals surface area contributed by atoms with Crippen molar-refractivity contribution in [2.45, 2.75) is 45.1 Å². The maximum atomic E-state index is 13.8. The van der Waals surface area contributed by atoms with Gasteiger partial charge in [-0.3, -0.25) is 4.79 Å². The fourth-order valence-corrected chi connectivity index (χ4v) is 4.46. The van der Waals surface area contributed by atoms with Gasteiger partial charge in [0.2, 0.25) is 0 Å². The van der Waals surface area contributed by atoms with Gasteiger partial charge in [-0.1, -0.05) is 19.1 Å². The van der Waals surface area contributed by atoms with Crippen LogP contribution < -0.4 is 10.1 Å². The summed E-state index contributed by atoms with van der Waals surface area (Å²) in [6.07, 6.45) is 3.26. The molecule has 0 spiro atoms. The van der Waals surface area contributed by atoms with Crippen LogP contribution in [0.4, 0.5) is 9.39 Å². The molecule has 1 N–H and O–H groups in total. The largest absolute Gasteiger partial charge is 0.478 e. The van der Waals surface area contributed by atoms with Gasteiger partial charge in [0.15, 0.2) is 17.7 Å². The molecule has 1 aliphatic carbocycles. The number of carbonyl (C=O) groups excluding carboxylic acids is 2. The first-order chi connectivity index (χ1) is 13.0. The quantitative estimate of drug-likeness (QED) is 0.744. The molecule has 1 aromatic heterocycles. The average molecular weight is 391 g/mol. The van der Waals surface area contributed by atoms with Crippen LogP contribution in [0.2, 0.25) is 0 Å². The SMILES string of the molecule is CC[C@H](Oc1ccccc1F)C(=O)Nc1sc2c(c1C(=O)OC)CCCC2. The summed E-state index contributed by atoms with van der Waals surface area (Å²) >= 11 is 1.41. The third kappa shape index (κ3) is 4.13. The minimum absolute atomic E-state index is 0.0261. The van der Waals surface area contributed by atoms with Gasteiger partial charge in [0.25, 0.3) is 5.91 Å². The van der Waals surface area contributed by atoms with Crippen LogP contribution in [0.25, 0.3) is 0 Å².